The summed E-state index contributed by atoms with van der Waals surface area (Å²) in [5, 5.41) is 0. The third-order valence-corrected chi connectivity index (χ3v) is 4.89. The predicted molar refractivity (Wildman–Crippen MR) is 103 cm³/mol. The van der Waals surface area contributed by atoms with Crippen LogP contribution in [-0.2, 0) is 9.53 Å². The Labute approximate surface area is 162 Å². The molecule has 0 spiro atoms. The lowest BCUT2D eigenvalue weighted by Crippen LogP contribution is -2.42. The van der Waals surface area contributed by atoms with Crippen LogP contribution in [-0.4, -0.2) is 46.4 Å². The Morgan fingerprint density at radius 3 is 2.86 bits per heavy atom. The number of oxazole rings is 1. The molecule has 1 aliphatic heterocycles. The summed E-state index contributed by atoms with van der Waals surface area (Å²) in [6.45, 7) is 3.16. The second-order valence-corrected chi connectivity index (χ2v) is 6.78. The van der Waals surface area contributed by atoms with Gasteiger partial charge in [-0.3, -0.25) is 14.6 Å². The average Bonchev–Trinajstić information content (AvgIpc) is 3.17. The van der Waals surface area contributed by atoms with E-state index in [0.29, 0.717) is 42.3 Å². The van der Waals surface area contributed by atoms with Gasteiger partial charge in [0, 0.05) is 36.6 Å². The van der Waals surface area contributed by atoms with E-state index in [-0.39, 0.29) is 17.8 Å². The lowest BCUT2D eigenvalue weighted by molar-refractivity contribution is -0.149. The van der Waals surface area contributed by atoms with Gasteiger partial charge in [-0.05, 0) is 50.1 Å². The Kier molecular flexibility index (Phi) is 5.06. The molecule has 3 heterocycles. The molecular weight excluding hydrogens is 358 g/mol. The van der Waals surface area contributed by atoms with E-state index in [1.165, 1.54) is 0 Å². The first kappa shape index (κ1) is 18.2. The molecule has 1 amide bonds. The van der Waals surface area contributed by atoms with Crippen LogP contribution in [0.4, 0.5) is 0 Å². The summed E-state index contributed by atoms with van der Waals surface area (Å²) in [4.78, 5) is 35.2. The highest BCUT2D eigenvalue weighted by Gasteiger charge is 2.30. The number of nitrogens with zero attached hydrogens (tertiary/aromatic N) is 3. The number of fused-ring (bicyclic) bond motifs is 1. The smallest absolute Gasteiger partial charge is 0.310 e. The van der Waals surface area contributed by atoms with Gasteiger partial charge in [0.1, 0.15) is 5.52 Å². The van der Waals surface area contributed by atoms with Gasteiger partial charge in [0.2, 0.25) is 5.89 Å². The number of carbonyl (C=O) groups is 2. The lowest BCUT2D eigenvalue weighted by Gasteiger charge is -2.31. The van der Waals surface area contributed by atoms with Crippen LogP contribution < -0.4 is 0 Å². The highest BCUT2D eigenvalue weighted by molar-refractivity contribution is 5.97. The van der Waals surface area contributed by atoms with Crippen LogP contribution >= 0.6 is 0 Å². The van der Waals surface area contributed by atoms with Gasteiger partial charge >= 0.3 is 5.97 Å². The quantitative estimate of drug-likeness (QED) is 0.647. The molecule has 0 radical (unpaired) electrons. The second-order valence-electron chi connectivity index (χ2n) is 6.78. The Balaban J connectivity index is 1.55. The third-order valence-electron chi connectivity index (χ3n) is 4.89. The maximum absolute atomic E-state index is 13.0. The van der Waals surface area contributed by atoms with Gasteiger partial charge in [-0.1, -0.05) is 0 Å². The molecule has 1 aliphatic rings. The molecule has 1 unspecified atom stereocenters. The third kappa shape index (κ3) is 3.60. The Bertz CT molecular complexity index is 999. The monoisotopic (exact) mass is 379 g/mol. The number of pyridine rings is 1. The van der Waals surface area contributed by atoms with E-state index >= 15 is 0 Å². The van der Waals surface area contributed by atoms with Crippen LogP contribution in [0, 0.1) is 5.92 Å². The van der Waals surface area contributed by atoms with E-state index in [2.05, 4.69) is 9.97 Å². The molecule has 1 aromatic carbocycles. The van der Waals surface area contributed by atoms with E-state index in [0.717, 1.165) is 18.4 Å². The van der Waals surface area contributed by atoms with Crippen LogP contribution in [0.15, 0.2) is 47.1 Å². The molecule has 0 N–H and O–H groups in total. The topological polar surface area (TPSA) is 85.5 Å². The molecule has 1 atom stereocenters. The van der Waals surface area contributed by atoms with Crippen molar-refractivity contribution >= 4 is 23.0 Å². The number of rotatable bonds is 4. The fraction of sp³-hybridized carbons (Fsp3) is 0.333. The largest absolute Gasteiger partial charge is 0.466 e. The van der Waals surface area contributed by atoms with Crippen molar-refractivity contribution in [3.63, 3.8) is 0 Å². The van der Waals surface area contributed by atoms with Gasteiger partial charge in [0.15, 0.2) is 5.58 Å². The Morgan fingerprint density at radius 2 is 2.07 bits per heavy atom. The highest BCUT2D eigenvalue weighted by Crippen LogP contribution is 2.26. The molecule has 3 aromatic rings. The number of ether oxygens (including phenoxy) is 1. The van der Waals surface area contributed by atoms with Crippen LogP contribution in [0.25, 0.3) is 22.6 Å². The molecule has 1 saturated heterocycles. The number of piperidine rings is 1. The van der Waals surface area contributed by atoms with E-state index in [1.807, 2.05) is 12.1 Å². The molecular formula is C21H21N3O4. The van der Waals surface area contributed by atoms with Crippen molar-refractivity contribution in [2.24, 2.45) is 5.92 Å². The SMILES string of the molecule is CCOC(=O)C1CCCN(C(=O)c2ccc3oc(-c4ccncc4)nc3c2)C1. The molecule has 1 fully saturated rings. The molecule has 28 heavy (non-hydrogen) atoms. The second kappa shape index (κ2) is 7.80. The zero-order valence-electron chi connectivity index (χ0n) is 15.6. The number of carbonyl (C=O) groups excluding carboxylic acids is 2. The van der Waals surface area contributed by atoms with Crippen molar-refractivity contribution in [2.75, 3.05) is 19.7 Å². The number of benzene rings is 1. The van der Waals surface area contributed by atoms with Gasteiger partial charge in [-0.25, -0.2) is 4.98 Å². The molecule has 0 saturated carbocycles. The summed E-state index contributed by atoms with van der Waals surface area (Å²) in [6, 6.07) is 8.87. The highest BCUT2D eigenvalue weighted by atomic mass is 16.5. The normalized spacial score (nSPS) is 16.9. The minimum Gasteiger partial charge on any atom is -0.466 e. The minimum absolute atomic E-state index is 0.107. The molecule has 4 rings (SSSR count). The van der Waals surface area contributed by atoms with Crippen LogP contribution in [0.3, 0.4) is 0 Å². The molecule has 2 aromatic heterocycles. The zero-order chi connectivity index (χ0) is 19.5. The number of esters is 1. The molecule has 144 valence electrons. The Morgan fingerprint density at radius 1 is 1.25 bits per heavy atom. The van der Waals surface area contributed by atoms with E-state index in [9.17, 15) is 9.59 Å². The first-order valence-electron chi connectivity index (χ1n) is 9.42. The lowest BCUT2D eigenvalue weighted by atomic mass is 9.97. The van der Waals surface area contributed by atoms with Crippen LogP contribution in [0.2, 0.25) is 0 Å². The maximum atomic E-state index is 13.0. The summed E-state index contributed by atoms with van der Waals surface area (Å²) in [5.74, 6) is -0.104. The predicted octanol–water partition coefficient (Wildman–Crippen LogP) is 3.31. The molecule has 7 nitrogen and oxygen atoms in total. The number of hydrogen-bond donors (Lipinski definition) is 0. The van der Waals surface area contributed by atoms with Crippen molar-refractivity contribution in [1.82, 2.24) is 14.9 Å². The van der Waals surface area contributed by atoms with Gasteiger partial charge in [0.05, 0.1) is 12.5 Å². The van der Waals surface area contributed by atoms with Gasteiger partial charge in [0.25, 0.3) is 5.91 Å². The maximum Gasteiger partial charge on any atom is 0.310 e. The van der Waals surface area contributed by atoms with Crippen molar-refractivity contribution < 1.29 is 18.7 Å². The van der Waals surface area contributed by atoms with Crippen molar-refractivity contribution in [2.45, 2.75) is 19.8 Å². The molecule has 0 bridgehead atoms. The summed E-state index contributed by atoms with van der Waals surface area (Å²) < 4.78 is 10.9. The van der Waals surface area contributed by atoms with Crippen molar-refractivity contribution in [3.05, 3.63) is 48.3 Å². The van der Waals surface area contributed by atoms with E-state index in [1.54, 1.807) is 42.4 Å². The van der Waals surface area contributed by atoms with Crippen LogP contribution in [0.5, 0.6) is 0 Å². The fourth-order valence-electron chi connectivity index (χ4n) is 3.48. The summed E-state index contributed by atoms with van der Waals surface area (Å²) >= 11 is 0. The fourth-order valence-corrected chi connectivity index (χ4v) is 3.48. The molecule has 7 heteroatoms. The zero-order valence-corrected chi connectivity index (χ0v) is 15.6. The number of amides is 1. The summed E-state index contributed by atoms with van der Waals surface area (Å²) in [5.41, 5.74) is 2.60. The van der Waals surface area contributed by atoms with Gasteiger partial charge in [-0.15, -0.1) is 0 Å². The number of aromatic nitrogens is 2. The summed E-state index contributed by atoms with van der Waals surface area (Å²) in [6.07, 6.45) is 4.89. The van der Waals surface area contributed by atoms with Crippen molar-refractivity contribution in [3.8, 4) is 11.5 Å². The summed E-state index contributed by atoms with van der Waals surface area (Å²) in [7, 11) is 0. The number of hydrogen-bond acceptors (Lipinski definition) is 6. The minimum atomic E-state index is -0.258. The van der Waals surface area contributed by atoms with Gasteiger partial charge in [-0.2, -0.15) is 0 Å². The molecule has 0 aliphatic carbocycles. The average molecular weight is 379 g/mol. The van der Waals surface area contributed by atoms with E-state index in [4.69, 9.17) is 9.15 Å². The standard InChI is InChI=1S/C21H21N3O4/c1-2-27-21(26)16-4-3-11-24(13-16)20(25)15-5-6-18-17(12-15)23-19(28-18)14-7-9-22-10-8-14/h5-10,12,16H,2-4,11,13H2,1H3. The number of likely N-dealkylation sites (tertiary alicyclic amines) is 1. The van der Waals surface area contributed by atoms with Crippen LogP contribution in [0.1, 0.15) is 30.1 Å². The van der Waals surface area contributed by atoms with Gasteiger partial charge < -0.3 is 14.1 Å². The first-order chi connectivity index (χ1) is 13.7. The Hall–Kier alpha value is -3.22. The first-order valence-corrected chi connectivity index (χ1v) is 9.42. The van der Waals surface area contributed by atoms with Crippen molar-refractivity contribution in [1.29, 1.82) is 0 Å². The van der Waals surface area contributed by atoms with E-state index < -0.39 is 0 Å².